The van der Waals surface area contributed by atoms with E-state index in [0.29, 0.717) is 37.1 Å². The van der Waals surface area contributed by atoms with E-state index in [9.17, 15) is 9.59 Å². The number of carbonyl (C=O) groups excluding carboxylic acids is 2. The van der Waals surface area contributed by atoms with Crippen molar-refractivity contribution < 1.29 is 14.3 Å². The Bertz CT molecular complexity index is 929. The largest absolute Gasteiger partial charge is 0.147 e. The fraction of sp³-hybridized carbons (Fsp3) is 0.250. The Labute approximate surface area is 205 Å². The first-order valence-corrected chi connectivity index (χ1v) is 11.0. The fourth-order valence-corrected chi connectivity index (χ4v) is 3.15. The molecule has 2 N–H and O–H groups in total. The number of halogens is 2. The first-order valence-electron chi connectivity index (χ1n) is 9.59. The van der Waals surface area contributed by atoms with Gasteiger partial charge in [0.25, 0.3) is 0 Å². The van der Waals surface area contributed by atoms with Gasteiger partial charge in [-0.2, -0.15) is 0 Å². The van der Waals surface area contributed by atoms with Gasteiger partial charge in [-0.15, -0.1) is 24.8 Å². The van der Waals surface area contributed by atoms with Crippen molar-refractivity contribution in [3.05, 3.63) is 78.4 Å². The van der Waals surface area contributed by atoms with Gasteiger partial charge >= 0.3 is 176 Å². The minimum Gasteiger partial charge on any atom is -0.147 e. The van der Waals surface area contributed by atoms with Crippen LogP contribution in [0.5, 0.6) is 5.75 Å². The molecule has 2 atom stereocenters. The van der Waals surface area contributed by atoms with Crippen LogP contribution in [0.3, 0.4) is 0 Å². The van der Waals surface area contributed by atoms with Gasteiger partial charge in [-0.05, 0) is 0 Å². The smallest absolute Gasteiger partial charge is 0.147 e. The van der Waals surface area contributed by atoms with Crippen LogP contribution >= 0.6 is 24.8 Å². The quantitative estimate of drug-likeness (QED) is 0.162. The zero-order valence-electron chi connectivity index (χ0n) is 17.6. The molecule has 0 radical (unpaired) electrons. The average molecular weight is 526 g/mol. The Morgan fingerprint density at radius 1 is 1.10 bits per heavy atom. The fourth-order valence-electron chi connectivity index (χ4n) is 3.01. The van der Waals surface area contributed by atoms with Gasteiger partial charge in [-0.25, -0.2) is 0 Å². The maximum Gasteiger partial charge on any atom is -0.147 e. The number of hydrogen-bond acceptors (Lipinski definition) is 4. The second kappa shape index (κ2) is 14.3. The molecule has 2 aromatic carbocycles. The molecule has 4 nitrogen and oxygen atoms in total. The minimum absolute atomic E-state index is 0. The number of esters is 1. The number of Topliss-reactive ketones (excluding diaryl/α,β-unsaturated/α-hetero) is 1. The van der Waals surface area contributed by atoms with Crippen molar-refractivity contribution >= 4 is 53.4 Å². The SMILES string of the molecule is C=CCc1ccc(OC(=O)C(C)[AsH2])c(-c2ccc(C(=O)CCN)c(CC=C)c2)c1.Cl.Cl. The topological polar surface area (TPSA) is 69.4 Å². The summed E-state index contributed by atoms with van der Waals surface area (Å²) >= 11 is 1.32. The van der Waals surface area contributed by atoms with Crippen LogP contribution in [-0.4, -0.2) is 35.2 Å². The van der Waals surface area contributed by atoms with Gasteiger partial charge in [0.05, 0.1) is 0 Å². The molecular formula is C24H30AsCl2NO3. The third kappa shape index (κ3) is 7.97. The number of nitrogens with two attached hydrogens (primary N) is 1. The Kier molecular flexibility index (Phi) is 13.4. The second-order valence-corrected chi connectivity index (χ2v) is 8.96. The molecule has 0 bridgehead atoms. The van der Waals surface area contributed by atoms with E-state index in [1.807, 2.05) is 49.4 Å². The van der Waals surface area contributed by atoms with Gasteiger partial charge in [0, 0.05) is 0 Å². The molecule has 31 heavy (non-hydrogen) atoms. The molecule has 0 heterocycles. The molecular weight excluding hydrogens is 496 g/mol. The Balaban J connectivity index is 0.00000450. The molecule has 0 aliphatic carbocycles. The first kappa shape index (κ1) is 29.2. The number of ether oxygens (including phenoxy) is 1. The molecule has 2 rings (SSSR count). The van der Waals surface area contributed by atoms with Crippen molar-refractivity contribution in [2.45, 2.75) is 30.9 Å². The number of ketones is 1. The van der Waals surface area contributed by atoms with Crippen molar-refractivity contribution in [2.24, 2.45) is 5.73 Å². The van der Waals surface area contributed by atoms with Crippen molar-refractivity contribution in [3.8, 4) is 16.9 Å². The maximum atomic E-state index is 12.4. The second-order valence-electron chi connectivity index (χ2n) is 6.86. The number of rotatable bonds is 10. The molecule has 2 aromatic rings. The zero-order valence-corrected chi connectivity index (χ0v) is 21.7. The van der Waals surface area contributed by atoms with E-state index < -0.39 is 0 Å². The third-order valence-electron chi connectivity index (χ3n) is 4.46. The number of carbonyl (C=O) groups is 2. The first-order chi connectivity index (χ1) is 13.9. The van der Waals surface area contributed by atoms with E-state index in [1.165, 1.54) is 16.9 Å². The van der Waals surface area contributed by atoms with Crippen LogP contribution in [0.2, 0.25) is 4.71 Å². The van der Waals surface area contributed by atoms with E-state index in [-0.39, 0.29) is 41.3 Å². The van der Waals surface area contributed by atoms with Gasteiger partial charge < -0.3 is 5.73 Å². The summed E-state index contributed by atoms with van der Waals surface area (Å²) in [6.45, 7) is 9.74. The van der Waals surface area contributed by atoms with E-state index in [0.717, 1.165) is 22.3 Å². The molecule has 0 fully saturated rings. The van der Waals surface area contributed by atoms with E-state index in [1.54, 1.807) is 6.08 Å². The van der Waals surface area contributed by atoms with Crippen LogP contribution in [0.4, 0.5) is 0 Å². The van der Waals surface area contributed by atoms with Crippen molar-refractivity contribution in [1.82, 2.24) is 0 Å². The van der Waals surface area contributed by atoms with Crippen LogP contribution < -0.4 is 10.5 Å². The van der Waals surface area contributed by atoms with Crippen molar-refractivity contribution in [2.75, 3.05) is 6.54 Å². The molecule has 0 saturated heterocycles. The summed E-state index contributed by atoms with van der Waals surface area (Å²) in [5.41, 5.74) is 9.86. The van der Waals surface area contributed by atoms with E-state index in [4.69, 9.17) is 10.5 Å². The molecule has 2 unspecified atom stereocenters. The minimum atomic E-state index is -0.260. The van der Waals surface area contributed by atoms with Gasteiger partial charge in [0.1, 0.15) is 0 Å². The normalized spacial score (nSPS) is 10.8. The molecule has 0 spiro atoms. The van der Waals surface area contributed by atoms with E-state index >= 15 is 0 Å². The summed E-state index contributed by atoms with van der Waals surface area (Å²) in [6, 6.07) is 11.4. The molecule has 0 amide bonds. The standard InChI is InChI=1S/C24H28AsNO3.2ClH/c1-4-6-17-8-11-23(29-24(28)16(3)25)21(14-17)19-9-10-20(22(27)12-13-26)18(15-19)7-5-2;;/h4-5,8-11,14-16H,1-2,6-7,12-13,25-26H2,3H3;2*1H. The molecule has 168 valence electrons. The van der Waals surface area contributed by atoms with Crippen molar-refractivity contribution in [1.29, 1.82) is 0 Å². The summed E-state index contributed by atoms with van der Waals surface area (Å²) in [6.07, 6.45) is 5.18. The predicted octanol–water partition coefficient (Wildman–Crippen LogP) is 4.53. The van der Waals surface area contributed by atoms with Gasteiger partial charge in [-0.1, -0.05) is 0 Å². The van der Waals surface area contributed by atoms with Crippen LogP contribution in [0, 0.1) is 0 Å². The Morgan fingerprint density at radius 2 is 1.77 bits per heavy atom. The maximum absolute atomic E-state index is 12.4. The summed E-state index contributed by atoms with van der Waals surface area (Å²) in [5.74, 6) is 0.270. The monoisotopic (exact) mass is 525 g/mol. The molecule has 0 aliphatic rings. The number of benzene rings is 2. The van der Waals surface area contributed by atoms with Crippen LogP contribution in [-0.2, 0) is 17.6 Å². The summed E-state index contributed by atoms with van der Waals surface area (Å²) in [5, 5.41) is 0. The number of allylic oxidation sites excluding steroid dienone is 2. The zero-order chi connectivity index (χ0) is 21.4. The Hall–Kier alpha value is -1.84. The van der Waals surface area contributed by atoms with E-state index in [2.05, 4.69) is 13.2 Å². The molecule has 0 aromatic heterocycles. The molecule has 0 aliphatic heterocycles. The van der Waals surface area contributed by atoms with Gasteiger partial charge in [-0.3, -0.25) is 0 Å². The van der Waals surface area contributed by atoms with Crippen LogP contribution in [0.15, 0.2) is 61.7 Å². The molecule has 0 saturated carbocycles. The summed E-state index contributed by atoms with van der Waals surface area (Å²) in [7, 11) is 0. The summed E-state index contributed by atoms with van der Waals surface area (Å²) < 4.78 is 5.49. The van der Waals surface area contributed by atoms with Crippen LogP contribution in [0.1, 0.15) is 34.8 Å². The predicted molar refractivity (Wildman–Crippen MR) is 136 cm³/mol. The third-order valence-corrected chi connectivity index (χ3v) is 5.03. The van der Waals surface area contributed by atoms with Gasteiger partial charge in [0.2, 0.25) is 0 Å². The number of hydrogen-bond donors (Lipinski definition) is 1. The molecule has 7 heteroatoms. The summed E-state index contributed by atoms with van der Waals surface area (Å²) in [4.78, 5) is 24.6. The Morgan fingerprint density at radius 3 is 2.35 bits per heavy atom. The van der Waals surface area contributed by atoms with Gasteiger partial charge in [0.15, 0.2) is 0 Å². The average Bonchev–Trinajstić information content (AvgIpc) is 2.69. The van der Waals surface area contributed by atoms with Crippen LogP contribution in [0.25, 0.3) is 11.1 Å². The van der Waals surface area contributed by atoms with Crippen molar-refractivity contribution in [3.63, 3.8) is 0 Å².